The molecule has 0 fully saturated rings. The molecule has 19 heavy (non-hydrogen) atoms. The Kier molecular flexibility index (Phi) is 5.79. The Hall–Kier alpha value is -1.59. The average molecular weight is 267 g/mol. The van der Waals surface area contributed by atoms with Crippen LogP contribution in [0.4, 0.5) is 0 Å². The molecule has 0 amide bonds. The Morgan fingerprint density at radius 3 is 2.79 bits per heavy atom. The number of likely N-dealkylation sites (N-methyl/N-ethyl adjacent to an activating group) is 1. The highest BCUT2D eigenvalue weighted by Crippen LogP contribution is 2.16. The lowest BCUT2D eigenvalue weighted by Gasteiger charge is -2.25. The van der Waals surface area contributed by atoms with Crippen molar-refractivity contribution in [2.75, 3.05) is 20.8 Å². The van der Waals surface area contributed by atoms with Gasteiger partial charge in [0.1, 0.15) is 11.3 Å². The monoisotopic (exact) mass is 267 g/mol. The highest BCUT2D eigenvalue weighted by Gasteiger charge is 2.32. The average Bonchev–Trinajstić information content (AvgIpc) is 2.46. The summed E-state index contributed by atoms with van der Waals surface area (Å²) >= 11 is 0. The molecule has 0 heterocycles. The van der Waals surface area contributed by atoms with Crippen molar-refractivity contribution >= 4 is 5.97 Å². The Labute approximate surface area is 113 Å². The second kappa shape index (κ2) is 7.11. The summed E-state index contributed by atoms with van der Waals surface area (Å²) in [5, 5.41) is 12.0. The number of esters is 1. The second-order valence-corrected chi connectivity index (χ2v) is 4.48. The molecule has 2 N–H and O–H groups in total. The second-order valence-electron chi connectivity index (χ2n) is 4.48. The van der Waals surface area contributed by atoms with Crippen molar-refractivity contribution in [3.05, 3.63) is 29.8 Å². The molecule has 1 unspecified atom stereocenters. The zero-order valence-electron chi connectivity index (χ0n) is 11.6. The van der Waals surface area contributed by atoms with Gasteiger partial charge in [0.15, 0.2) is 0 Å². The van der Waals surface area contributed by atoms with Gasteiger partial charge in [-0.2, -0.15) is 0 Å². The van der Waals surface area contributed by atoms with Gasteiger partial charge >= 0.3 is 5.97 Å². The van der Waals surface area contributed by atoms with Crippen LogP contribution in [0.5, 0.6) is 5.75 Å². The number of carbonyl (C=O) groups excluding carboxylic acids is 1. The van der Waals surface area contributed by atoms with Crippen molar-refractivity contribution in [1.82, 2.24) is 5.32 Å². The number of nitrogens with one attached hydrogen (secondary N) is 1. The van der Waals surface area contributed by atoms with E-state index in [1.54, 1.807) is 20.0 Å². The van der Waals surface area contributed by atoms with Gasteiger partial charge in [-0.05, 0) is 31.7 Å². The van der Waals surface area contributed by atoms with Gasteiger partial charge in [0.05, 0.1) is 20.3 Å². The molecule has 0 aliphatic heterocycles. The fourth-order valence-corrected chi connectivity index (χ4v) is 1.66. The van der Waals surface area contributed by atoms with Gasteiger partial charge in [0, 0.05) is 6.42 Å². The molecule has 0 aromatic heterocycles. The van der Waals surface area contributed by atoms with E-state index in [-0.39, 0.29) is 12.6 Å². The molecule has 0 radical (unpaired) electrons. The van der Waals surface area contributed by atoms with Gasteiger partial charge in [-0.25, -0.2) is 0 Å². The molecule has 0 aliphatic carbocycles. The van der Waals surface area contributed by atoms with Crippen LogP contribution in [0.25, 0.3) is 0 Å². The van der Waals surface area contributed by atoms with Crippen molar-refractivity contribution in [2.45, 2.75) is 25.5 Å². The Morgan fingerprint density at radius 2 is 2.21 bits per heavy atom. The van der Waals surface area contributed by atoms with Gasteiger partial charge < -0.3 is 19.9 Å². The van der Waals surface area contributed by atoms with Crippen LogP contribution in [0.15, 0.2) is 24.3 Å². The molecule has 0 spiro atoms. The Morgan fingerprint density at radius 1 is 1.47 bits per heavy atom. The number of methoxy groups -OCH3 is 1. The Bertz CT molecular complexity index is 422. The maximum atomic E-state index is 11.6. The minimum absolute atomic E-state index is 0.0202. The minimum atomic E-state index is -0.761. The zero-order chi connectivity index (χ0) is 14.3. The summed E-state index contributed by atoms with van der Waals surface area (Å²) in [7, 11) is 3.08. The van der Waals surface area contributed by atoms with E-state index in [4.69, 9.17) is 14.6 Å². The van der Waals surface area contributed by atoms with Crippen LogP contribution in [0.3, 0.4) is 0 Å². The molecular weight excluding hydrogens is 246 g/mol. The minimum Gasteiger partial charge on any atom is -0.493 e. The molecule has 0 saturated heterocycles. The molecule has 106 valence electrons. The topological polar surface area (TPSA) is 67.8 Å². The predicted octanol–water partition coefficient (Wildman–Crippen LogP) is 1.10. The van der Waals surface area contributed by atoms with E-state index in [2.05, 4.69) is 5.32 Å². The van der Waals surface area contributed by atoms with E-state index >= 15 is 0 Å². The van der Waals surface area contributed by atoms with Crippen LogP contribution in [-0.4, -0.2) is 37.4 Å². The highest BCUT2D eigenvalue weighted by atomic mass is 16.5. The summed E-state index contributed by atoms with van der Waals surface area (Å²) in [4.78, 5) is 11.6. The van der Waals surface area contributed by atoms with E-state index in [9.17, 15) is 4.79 Å². The van der Waals surface area contributed by atoms with E-state index < -0.39 is 5.54 Å². The fourth-order valence-electron chi connectivity index (χ4n) is 1.66. The van der Waals surface area contributed by atoms with Crippen LogP contribution in [-0.2, 0) is 16.1 Å². The van der Waals surface area contributed by atoms with Gasteiger partial charge in [-0.1, -0.05) is 12.1 Å². The standard InChI is InChI=1S/C14H21NO4/c1-14(15-2,13(17)18-3)7-8-19-12-6-4-5-11(9-12)10-16/h4-6,9,15-16H,7-8,10H2,1-3H3. The molecule has 0 bridgehead atoms. The van der Waals surface area contributed by atoms with E-state index in [1.165, 1.54) is 7.11 Å². The molecule has 1 atom stereocenters. The molecule has 1 aromatic rings. The number of hydrogen-bond donors (Lipinski definition) is 2. The van der Waals surface area contributed by atoms with E-state index in [1.807, 2.05) is 18.2 Å². The van der Waals surface area contributed by atoms with Crippen molar-refractivity contribution in [2.24, 2.45) is 0 Å². The van der Waals surface area contributed by atoms with E-state index in [0.29, 0.717) is 18.8 Å². The largest absolute Gasteiger partial charge is 0.493 e. The number of hydrogen-bond acceptors (Lipinski definition) is 5. The molecule has 0 saturated carbocycles. The van der Waals surface area contributed by atoms with Crippen LogP contribution >= 0.6 is 0 Å². The van der Waals surface area contributed by atoms with Crippen molar-refractivity contribution in [3.63, 3.8) is 0 Å². The van der Waals surface area contributed by atoms with Crippen LogP contribution in [0.1, 0.15) is 18.9 Å². The summed E-state index contributed by atoms with van der Waals surface area (Å²) in [6, 6.07) is 7.22. The quantitative estimate of drug-likeness (QED) is 0.724. The molecule has 5 heteroatoms. The lowest BCUT2D eigenvalue weighted by Crippen LogP contribution is -2.49. The third kappa shape index (κ3) is 4.22. The lowest BCUT2D eigenvalue weighted by molar-refractivity contribution is -0.148. The Balaban J connectivity index is 2.54. The van der Waals surface area contributed by atoms with Gasteiger partial charge in [-0.15, -0.1) is 0 Å². The summed E-state index contributed by atoms with van der Waals surface area (Å²) in [5.74, 6) is 0.359. The number of aliphatic hydroxyl groups excluding tert-OH is 1. The molecular formula is C14H21NO4. The van der Waals surface area contributed by atoms with Gasteiger partial charge in [0.25, 0.3) is 0 Å². The molecule has 1 aromatic carbocycles. The third-order valence-electron chi connectivity index (χ3n) is 3.14. The molecule has 1 rings (SSSR count). The normalized spacial score (nSPS) is 13.7. The molecule has 5 nitrogen and oxygen atoms in total. The van der Waals surface area contributed by atoms with Crippen LogP contribution in [0.2, 0.25) is 0 Å². The number of carbonyl (C=O) groups is 1. The summed E-state index contributed by atoms with van der Waals surface area (Å²) in [6.07, 6.45) is 0.486. The lowest BCUT2D eigenvalue weighted by atomic mass is 9.99. The maximum Gasteiger partial charge on any atom is 0.325 e. The summed E-state index contributed by atoms with van der Waals surface area (Å²) in [6.45, 7) is 2.13. The number of aliphatic hydroxyl groups is 1. The maximum absolute atomic E-state index is 11.6. The highest BCUT2D eigenvalue weighted by molar-refractivity contribution is 5.80. The predicted molar refractivity (Wildman–Crippen MR) is 72.0 cm³/mol. The summed E-state index contributed by atoms with van der Waals surface area (Å²) in [5.41, 5.74) is 0.0328. The first-order valence-electron chi connectivity index (χ1n) is 6.15. The summed E-state index contributed by atoms with van der Waals surface area (Å²) < 4.78 is 10.3. The number of benzene rings is 1. The zero-order valence-corrected chi connectivity index (χ0v) is 11.6. The third-order valence-corrected chi connectivity index (χ3v) is 3.14. The van der Waals surface area contributed by atoms with Crippen LogP contribution < -0.4 is 10.1 Å². The number of ether oxygens (including phenoxy) is 2. The van der Waals surface area contributed by atoms with Crippen molar-refractivity contribution < 1.29 is 19.4 Å². The first-order valence-corrected chi connectivity index (χ1v) is 6.15. The first kappa shape index (κ1) is 15.5. The van der Waals surface area contributed by atoms with Crippen molar-refractivity contribution in [3.8, 4) is 5.75 Å². The smallest absolute Gasteiger partial charge is 0.325 e. The molecule has 0 aliphatic rings. The van der Waals surface area contributed by atoms with E-state index in [0.717, 1.165) is 5.56 Å². The van der Waals surface area contributed by atoms with Gasteiger partial charge in [-0.3, -0.25) is 4.79 Å². The van der Waals surface area contributed by atoms with Crippen LogP contribution in [0, 0.1) is 0 Å². The van der Waals surface area contributed by atoms with Gasteiger partial charge in [0.2, 0.25) is 0 Å². The fraction of sp³-hybridized carbons (Fsp3) is 0.500. The van der Waals surface area contributed by atoms with Crippen molar-refractivity contribution in [1.29, 1.82) is 0 Å². The SMILES string of the molecule is CNC(C)(CCOc1cccc(CO)c1)C(=O)OC. The number of rotatable bonds is 7. The first-order chi connectivity index (χ1) is 9.05.